The maximum Gasteiger partial charge on any atom is 0.208 e. The molecule has 0 spiro atoms. The Hall–Kier alpha value is -0.770. The monoisotopic (exact) mass is 200 g/mol. The molecule has 0 aromatic heterocycles. The molecule has 1 unspecified atom stereocenters. The molecule has 0 aliphatic carbocycles. The molecular formula is C10H24N4. The number of guanidine groups is 1. The second kappa shape index (κ2) is 6.65. The topological polar surface area (TPSA) is 53.6 Å². The molecule has 0 bridgehead atoms. The number of hydrogen-bond donors (Lipinski definition) is 2. The van der Waals surface area contributed by atoms with Gasteiger partial charge in [-0.2, -0.15) is 0 Å². The van der Waals surface area contributed by atoms with Gasteiger partial charge in [-0.25, -0.2) is 10.8 Å². The van der Waals surface area contributed by atoms with Crippen LogP contribution in [-0.4, -0.2) is 30.5 Å². The Kier molecular flexibility index (Phi) is 6.28. The van der Waals surface area contributed by atoms with Crippen molar-refractivity contribution in [1.82, 2.24) is 10.3 Å². The highest BCUT2D eigenvalue weighted by atomic mass is 15.4. The smallest absolute Gasteiger partial charge is 0.208 e. The third kappa shape index (κ3) is 5.07. The van der Waals surface area contributed by atoms with Crippen molar-refractivity contribution < 1.29 is 0 Å². The van der Waals surface area contributed by atoms with Gasteiger partial charge in [0.2, 0.25) is 5.96 Å². The van der Waals surface area contributed by atoms with Gasteiger partial charge in [0.05, 0.1) is 0 Å². The number of hydrazine groups is 1. The van der Waals surface area contributed by atoms with Crippen LogP contribution in [0.1, 0.15) is 34.1 Å². The van der Waals surface area contributed by atoms with E-state index in [-0.39, 0.29) is 6.04 Å². The van der Waals surface area contributed by atoms with Gasteiger partial charge in [-0.05, 0) is 19.8 Å². The Balaban J connectivity index is 4.24. The number of nitrogens with two attached hydrogens (primary N) is 1. The summed E-state index contributed by atoms with van der Waals surface area (Å²) in [6, 6.07) is 0.264. The summed E-state index contributed by atoms with van der Waals surface area (Å²) in [5.41, 5.74) is 2.64. The van der Waals surface area contributed by atoms with E-state index < -0.39 is 0 Å². The highest BCUT2D eigenvalue weighted by molar-refractivity contribution is 5.79. The number of nitrogens with one attached hydrogen (secondary N) is 1. The molecule has 84 valence electrons. The zero-order valence-electron chi connectivity index (χ0n) is 10.0. The fraction of sp³-hybridized carbons (Fsp3) is 0.900. The quantitative estimate of drug-likeness (QED) is 0.310. The molecule has 0 fully saturated rings. The van der Waals surface area contributed by atoms with Crippen molar-refractivity contribution in [3.63, 3.8) is 0 Å². The first-order valence-corrected chi connectivity index (χ1v) is 5.26. The fourth-order valence-electron chi connectivity index (χ4n) is 1.17. The van der Waals surface area contributed by atoms with Gasteiger partial charge in [0.1, 0.15) is 0 Å². The summed E-state index contributed by atoms with van der Waals surface area (Å²) in [5, 5.41) is 0. The standard InChI is InChI=1S/C10H24N4/c1-6-9(4)7-14(5)10(13-11)12-8(2)3/h8-9H,6-7,11H2,1-5H3,(H,12,13). The lowest BCUT2D eigenvalue weighted by molar-refractivity contribution is 0.384. The van der Waals surface area contributed by atoms with Crippen molar-refractivity contribution in [1.29, 1.82) is 0 Å². The molecule has 0 aliphatic heterocycles. The summed E-state index contributed by atoms with van der Waals surface area (Å²) in [6.45, 7) is 9.46. The van der Waals surface area contributed by atoms with Crippen molar-refractivity contribution in [2.24, 2.45) is 16.8 Å². The Labute approximate surface area is 87.5 Å². The van der Waals surface area contributed by atoms with Crippen molar-refractivity contribution in [3.05, 3.63) is 0 Å². The maximum absolute atomic E-state index is 5.42. The molecule has 4 heteroatoms. The van der Waals surface area contributed by atoms with E-state index in [1.807, 2.05) is 20.9 Å². The molecule has 3 N–H and O–H groups in total. The van der Waals surface area contributed by atoms with Gasteiger partial charge in [-0.15, -0.1) is 0 Å². The highest BCUT2D eigenvalue weighted by Crippen LogP contribution is 2.03. The van der Waals surface area contributed by atoms with Crippen LogP contribution in [0, 0.1) is 5.92 Å². The second-order valence-electron chi connectivity index (χ2n) is 4.08. The van der Waals surface area contributed by atoms with Gasteiger partial charge >= 0.3 is 0 Å². The van der Waals surface area contributed by atoms with Gasteiger partial charge < -0.3 is 4.90 Å². The Morgan fingerprint density at radius 2 is 2.00 bits per heavy atom. The van der Waals surface area contributed by atoms with Crippen molar-refractivity contribution in [3.8, 4) is 0 Å². The molecule has 0 saturated carbocycles. The van der Waals surface area contributed by atoms with Crippen molar-refractivity contribution in [2.75, 3.05) is 13.6 Å². The molecule has 0 amide bonds. The van der Waals surface area contributed by atoms with Gasteiger partial charge in [0.25, 0.3) is 0 Å². The minimum Gasteiger partial charge on any atom is -0.345 e. The third-order valence-corrected chi connectivity index (χ3v) is 2.15. The average molecular weight is 200 g/mol. The van der Waals surface area contributed by atoms with E-state index in [9.17, 15) is 0 Å². The predicted molar refractivity (Wildman–Crippen MR) is 62.0 cm³/mol. The van der Waals surface area contributed by atoms with Crippen LogP contribution >= 0.6 is 0 Å². The van der Waals surface area contributed by atoms with Crippen LogP contribution in [0.2, 0.25) is 0 Å². The number of rotatable bonds is 4. The Bertz CT molecular complexity index is 177. The van der Waals surface area contributed by atoms with E-state index in [0.717, 1.165) is 12.5 Å². The van der Waals surface area contributed by atoms with Crippen molar-refractivity contribution >= 4 is 5.96 Å². The minimum absolute atomic E-state index is 0.264. The summed E-state index contributed by atoms with van der Waals surface area (Å²) in [7, 11) is 2.01. The summed E-state index contributed by atoms with van der Waals surface area (Å²) in [5.74, 6) is 6.84. The number of nitrogens with zero attached hydrogens (tertiary/aromatic N) is 2. The lowest BCUT2D eigenvalue weighted by Gasteiger charge is -2.24. The normalized spacial score (nSPS) is 14.4. The van der Waals surface area contributed by atoms with Crippen LogP contribution < -0.4 is 11.3 Å². The van der Waals surface area contributed by atoms with E-state index in [0.29, 0.717) is 5.92 Å². The Morgan fingerprint density at radius 1 is 1.43 bits per heavy atom. The molecule has 0 saturated heterocycles. The van der Waals surface area contributed by atoms with E-state index in [4.69, 9.17) is 5.84 Å². The molecule has 0 aromatic rings. The Morgan fingerprint density at radius 3 is 2.36 bits per heavy atom. The van der Waals surface area contributed by atoms with Gasteiger partial charge in [0, 0.05) is 19.6 Å². The van der Waals surface area contributed by atoms with Crippen LogP contribution in [0.5, 0.6) is 0 Å². The van der Waals surface area contributed by atoms with Gasteiger partial charge in [-0.1, -0.05) is 20.3 Å². The molecular weight excluding hydrogens is 176 g/mol. The lowest BCUT2D eigenvalue weighted by Crippen LogP contribution is -2.44. The highest BCUT2D eigenvalue weighted by Gasteiger charge is 2.08. The van der Waals surface area contributed by atoms with E-state index in [1.165, 1.54) is 6.42 Å². The molecule has 14 heavy (non-hydrogen) atoms. The molecule has 0 radical (unpaired) electrons. The zero-order valence-corrected chi connectivity index (χ0v) is 10.0. The molecule has 0 heterocycles. The molecule has 4 nitrogen and oxygen atoms in total. The summed E-state index contributed by atoms with van der Waals surface area (Å²) in [4.78, 5) is 6.45. The SMILES string of the molecule is CCC(C)CN(C)C(=NC(C)C)NN. The van der Waals surface area contributed by atoms with Crippen LogP contribution in [0.15, 0.2) is 4.99 Å². The van der Waals surface area contributed by atoms with Crippen LogP contribution in [-0.2, 0) is 0 Å². The van der Waals surface area contributed by atoms with E-state index in [2.05, 4.69) is 29.2 Å². The first-order chi connectivity index (χ1) is 6.51. The number of hydrogen-bond acceptors (Lipinski definition) is 2. The molecule has 0 rings (SSSR count). The van der Waals surface area contributed by atoms with Gasteiger partial charge in [-0.3, -0.25) is 5.43 Å². The fourth-order valence-corrected chi connectivity index (χ4v) is 1.17. The molecule has 0 aliphatic rings. The van der Waals surface area contributed by atoms with E-state index >= 15 is 0 Å². The zero-order chi connectivity index (χ0) is 11.1. The summed E-state index contributed by atoms with van der Waals surface area (Å²) < 4.78 is 0. The minimum atomic E-state index is 0.264. The largest absolute Gasteiger partial charge is 0.345 e. The number of aliphatic imine (C=N–C) groups is 1. The summed E-state index contributed by atoms with van der Waals surface area (Å²) in [6.07, 6.45) is 1.17. The van der Waals surface area contributed by atoms with Crippen LogP contribution in [0.25, 0.3) is 0 Å². The third-order valence-electron chi connectivity index (χ3n) is 2.15. The first kappa shape index (κ1) is 13.2. The maximum atomic E-state index is 5.42. The van der Waals surface area contributed by atoms with E-state index in [1.54, 1.807) is 0 Å². The molecule has 0 aromatic carbocycles. The molecule has 1 atom stereocenters. The van der Waals surface area contributed by atoms with Crippen LogP contribution in [0.4, 0.5) is 0 Å². The lowest BCUT2D eigenvalue weighted by atomic mass is 10.1. The average Bonchev–Trinajstić information content (AvgIpc) is 2.13. The summed E-state index contributed by atoms with van der Waals surface area (Å²) >= 11 is 0. The second-order valence-corrected chi connectivity index (χ2v) is 4.08. The van der Waals surface area contributed by atoms with Crippen molar-refractivity contribution in [2.45, 2.75) is 40.2 Å². The van der Waals surface area contributed by atoms with Crippen LogP contribution in [0.3, 0.4) is 0 Å². The predicted octanol–water partition coefficient (Wildman–Crippen LogP) is 1.19. The first-order valence-electron chi connectivity index (χ1n) is 5.26. The van der Waals surface area contributed by atoms with Gasteiger partial charge in [0.15, 0.2) is 0 Å².